The van der Waals surface area contributed by atoms with Crippen molar-refractivity contribution in [2.24, 2.45) is 4.99 Å². The molecule has 0 radical (unpaired) electrons. The van der Waals surface area contributed by atoms with Gasteiger partial charge in [0.25, 0.3) is 5.91 Å². The van der Waals surface area contributed by atoms with Gasteiger partial charge in [0.1, 0.15) is 6.61 Å². The number of amides is 1. The molecular weight excluding hydrogens is 592 g/mol. The van der Waals surface area contributed by atoms with Gasteiger partial charge < -0.3 is 14.6 Å². The Morgan fingerprint density at radius 3 is 2.63 bits per heavy atom. The predicted molar refractivity (Wildman–Crippen MR) is 155 cm³/mol. The van der Waals surface area contributed by atoms with Crippen LogP contribution in [0.5, 0.6) is 11.5 Å². The fourth-order valence-corrected chi connectivity index (χ4v) is 5.55. The molecule has 1 fully saturated rings. The van der Waals surface area contributed by atoms with Gasteiger partial charge in [-0.1, -0.05) is 29.8 Å². The van der Waals surface area contributed by atoms with Gasteiger partial charge in [0.05, 0.1) is 27.2 Å². The number of thioether (sulfide) groups is 1. The van der Waals surface area contributed by atoms with Gasteiger partial charge in [0.2, 0.25) is 0 Å². The minimum Gasteiger partial charge on any atom is -0.490 e. The molecule has 4 rings (SSSR count). The molecule has 3 aromatic rings. The van der Waals surface area contributed by atoms with Crippen LogP contribution < -0.4 is 9.47 Å². The highest BCUT2D eigenvalue weighted by molar-refractivity contribution is 9.10. The second kappa shape index (κ2) is 12.5. The first-order chi connectivity index (χ1) is 18.3. The lowest BCUT2D eigenvalue weighted by molar-refractivity contribution is -0.122. The van der Waals surface area contributed by atoms with E-state index >= 15 is 0 Å². The maximum absolute atomic E-state index is 13.1. The van der Waals surface area contributed by atoms with E-state index in [1.165, 1.54) is 23.9 Å². The van der Waals surface area contributed by atoms with Crippen LogP contribution in [0.3, 0.4) is 0 Å². The number of nitrogens with zero attached hydrogens (tertiary/aromatic N) is 2. The molecule has 1 amide bonds. The molecule has 1 N–H and O–H groups in total. The molecule has 0 bridgehead atoms. The van der Waals surface area contributed by atoms with Gasteiger partial charge in [0, 0.05) is 11.6 Å². The van der Waals surface area contributed by atoms with Gasteiger partial charge in [-0.2, -0.15) is 0 Å². The van der Waals surface area contributed by atoms with Crippen LogP contribution in [0.15, 0.2) is 75.0 Å². The van der Waals surface area contributed by atoms with Crippen molar-refractivity contribution < 1.29 is 24.2 Å². The standard InChI is InChI=1S/C28H24BrClN2O5S/c1-3-32-26(33)24(38-28(32)31-21-10-6-8-19(15-21)27(34)35)14-18-12-22(29)25(23(13-18)36-4-2)37-16-17-7-5-9-20(30)11-17/h5-15H,3-4,16H2,1-2H3,(H,34,35). The largest absolute Gasteiger partial charge is 0.490 e. The number of ether oxygens (including phenoxy) is 2. The normalized spacial score (nSPS) is 15.4. The summed E-state index contributed by atoms with van der Waals surface area (Å²) in [6.07, 6.45) is 1.78. The van der Waals surface area contributed by atoms with Crippen LogP contribution in [0.2, 0.25) is 5.02 Å². The Morgan fingerprint density at radius 1 is 1.13 bits per heavy atom. The summed E-state index contributed by atoms with van der Waals surface area (Å²) < 4.78 is 12.6. The van der Waals surface area contributed by atoms with E-state index in [0.717, 1.165) is 11.1 Å². The molecule has 1 heterocycles. The SMILES string of the molecule is CCOc1cc(C=C2SC(=Nc3cccc(C(=O)O)c3)N(CC)C2=O)cc(Br)c1OCc1cccc(Cl)c1. The fraction of sp³-hybridized carbons (Fsp3) is 0.179. The lowest BCUT2D eigenvalue weighted by Crippen LogP contribution is -2.28. The number of carboxylic acid groups (broad SMARTS) is 1. The molecule has 196 valence electrons. The summed E-state index contributed by atoms with van der Waals surface area (Å²) in [5, 5.41) is 10.4. The Kier molecular flexibility index (Phi) is 9.14. The van der Waals surface area contributed by atoms with E-state index < -0.39 is 5.97 Å². The summed E-state index contributed by atoms with van der Waals surface area (Å²) in [7, 11) is 0. The number of aliphatic imine (C=N–C) groups is 1. The highest BCUT2D eigenvalue weighted by Gasteiger charge is 2.32. The molecule has 0 spiro atoms. The average molecular weight is 616 g/mol. The monoisotopic (exact) mass is 614 g/mol. The second-order valence-electron chi connectivity index (χ2n) is 8.09. The number of rotatable bonds is 9. The van der Waals surface area contributed by atoms with Crippen molar-refractivity contribution in [3.63, 3.8) is 0 Å². The van der Waals surface area contributed by atoms with E-state index in [-0.39, 0.29) is 11.5 Å². The topological polar surface area (TPSA) is 88.4 Å². The number of carbonyl (C=O) groups excluding carboxylic acids is 1. The number of hydrogen-bond donors (Lipinski definition) is 1. The predicted octanol–water partition coefficient (Wildman–Crippen LogP) is 7.40. The minimum absolute atomic E-state index is 0.131. The van der Waals surface area contributed by atoms with Gasteiger partial charge in [-0.25, -0.2) is 9.79 Å². The number of amidine groups is 1. The second-order valence-corrected chi connectivity index (χ2v) is 10.4. The summed E-state index contributed by atoms with van der Waals surface area (Å²) in [6.45, 7) is 4.91. The Morgan fingerprint density at radius 2 is 1.92 bits per heavy atom. The first-order valence-corrected chi connectivity index (χ1v) is 13.7. The lowest BCUT2D eigenvalue weighted by Gasteiger charge is -2.15. The van der Waals surface area contributed by atoms with Gasteiger partial charge in [0.15, 0.2) is 16.7 Å². The van der Waals surface area contributed by atoms with Gasteiger partial charge in [-0.15, -0.1) is 0 Å². The molecule has 0 saturated carbocycles. The van der Waals surface area contributed by atoms with Crippen LogP contribution in [0.25, 0.3) is 6.08 Å². The highest BCUT2D eigenvalue weighted by atomic mass is 79.9. The summed E-state index contributed by atoms with van der Waals surface area (Å²) in [6, 6.07) is 17.4. The third-order valence-corrected chi connectivity index (χ3v) is 7.25. The molecule has 3 aromatic carbocycles. The highest BCUT2D eigenvalue weighted by Crippen LogP contribution is 2.40. The van der Waals surface area contributed by atoms with Crippen molar-refractivity contribution in [1.82, 2.24) is 4.90 Å². The molecule has 0 unspecified atom stereocenters. The van der Waals surface area contributed by atoms with Crippen LogP contribution in [0, 0.1) is 0 Å². The van der Waals surface area contributed by atoms with Gasteiger partial charge in [-0.3, -0.25) is 9.69 Å². The third kappa shape index (κ3) is 6.59. The summed E-state index contributed by atoms with van der Waals surface area (Å²) in [4.78, 5) is 31.1. The Labute approximate surface area is 238 Å². The number of likely N-dealkylation sites (N-methyl/N-ethyl adjacent to an activating group) is 1. The molecule has 0 aliphatic carbocycles. The molecular formula is C28H24BrClN2O5S. The van der Waals surface area contributed by atoms with Crippen molar-refractivity contribution in [2.75, 3.05) is 13.2 Å². The molecule has 38 heavy (non-hydrogen) atoms. The lowest BCUT2D eigenvalue weighted by atomic mass is 10.1. The molecule has 1 saturated heterocycles. The van der Waals surface area contributed by atoms with Crippen LogP contribution in [-0.2, 0) is 11.4 Å². The average Bonchev–Trinajstić information content (AvgIpc) is 3.17. The van der Waals surface area contributed by atoms with E-state index in [1.807, 2.05) is 44.2 Å². The Balaban J connectivity index is 1.62. The number of halogens is 2. The van der Waals surface area contributed by atoms with Gasteiger partial charge in [-0.05, 0) is 101 Å². The fourth-order valence-electron chi connectivity index (χ4n) is 3.70. The van der Waals surface area contributed by atoms with Crippen molar-refractivity contribution in [2.45, 2.75) is 20.5 Å². The Bertz CT molecular complexity index is 1440. The number of benzene rings is 3. The summed E-state index contributed by atoms with van der Waals surface area (Å²) in [5.41, 5.74) is 2.26. The van der Waals surface area contributed by atoms with Gasteiger partial charge >= 0.3 is 5.97 Å². The van der Waals surface area contributed by atoms with Crippen molar-refractivity contribution >= 4 is 68.1 Å². The Hall–Kier alpha value is -3.27. The number of aromatic carboxylic acids is 1. The molecule has 7 nitrogen and oxygen atoms in total. The number of carboxylic acids is 1. The molecule has 1 aliphatic heterocycles. The van der Waals surface area contributed by atoms with Crippen LogP contribution >= 0.6 is 39.3 Å². The van der Waals surface area contributed by atoms with Crippen LogP contribution in [-0.4, -0.2) is 40.2 Å². The van der Waals surface area contributed by atoms with Crippen molar-refractivity contribution in [3.8, 4) is 11.5 Å². The number of hydrogen-bond acceptors (Lipinski definition) is 6. The first kappa shape index (κ1) is 27.8. The van der Waals surface area contributed by atoms with E-state index in [2.05, 4.69) is 20.9 Å². The summed E-state index contributed by atoms with van der Waals surface area (Å²) >= 11 is 10.9. The zero-order valence-electron chi connectivity index (χ0n) is 20.6. The van der Waals surface area contributed by atoms with E-state index in [1.54, 1.807) is 29.2 Å². The zero-order chi connectivity index (χ0) is 27.2. The van der Waals surface area contributed by atoms with Crippen molar-refractivity contribution in [1.29, 1.82) is 0 Å². The van der Waals surface area contributed by atoms with Crippen LogP contribution in [0.1, 0.15) is 35.3 Å². The van der Waals surface area contributed by atoms with E-state index in [0.29, 0.717) is 56.5 Å². The van der Waals surface area contributed by atoms with E-state index in [9.17, 15) is 14.7 Å². The third-order valence-electron chi connectivity index (χ3n) is 5.42. The molecule has 1 aliphatic rings. The van der Waals surface area contributed by atoms with Crippen molar-refractivity contribution in [3.05, 3.63) is 91.8 Å². The van der Waals surface area contributed by atoms with E-state index in [4.69, 9.17) is 21.1 Å². The quantitative estimate of drug-likeness (QED) is 0.252. The zero-order valence-corrected chi connectivity index (χ0v) is 23.8. The summed E-state index contributed by atoms with van der Waals surface area (Å²) in [5.74, 6) is -0.125. The van der Waals surface area contributed by atoms with Crippen LogP contribution in [0.4, 0.5) is 5.69 Å². The molecule has 10 heteroatoms. The molecule has 0 atom stereocenters. The smallest absolute Gasteiger partial charge is 0.335 e. The number of carbonyl (C=O) groups is 2. The first-order valence-electron chi connectivity index (χ1n) is 11.8. The minimum atomic E-state index is -1.04. The molecule has 0 aromatic heterocycles. The maximum Gasteiger partial charge on any atom is 0.335 e. The maximum atomic E-state index is 13.1.